The molecule has 1 unspecified atom stereocenters. The van der Waals surface area contributed by atoms with Crippen LogP contribution in [0.1, 0.15) is 34.6 Å². The summed E-state index contributed by atoms with van der Waals surface area (Å²) in [6, 6.07) is 1.85. The Kier molecular flexibility index (Phi) is 3.99. The number of H-pyrrole nitrogens is 1. The number of carbonyl (C=O) groups is 1. The van der Waals surface area contributed by atoms with Gasteiger partial charge in [-0.05, 0) is 25.0 Å². The number of carbonyl (C=O) groups excluding carboxylic acids is 1. The van der Waals surface area contributed by atoms with E-state index < -0.39 is 23.2 Å². The minimum atomic E-state index is -4.51. The van der Waals surface area contributed by atoms with Crippen LogP contribution in [0.25, 0.3) is 0 Å². The fraction of sp³-hybridized carbons (Fsp3) is 0.429. The zero-order chi connectivity index (χ0) is 17.4. The Morgan fingerprint density at radius 2 is 2.12 bits per heavy atom. The van der Waals surface area contributed by atoms with Gasteiger partial charge in [-0.3, -0.25) is 9.78 Å². The third-order valence-electron chi connectivity index (χ3n) is 3.96. The predicted molar refractivity (Wildman–Crippen MR) is 74.7 cm³/mol. The minimum absolute atomic E-state index is 0.0267. The van der Waals surface area contributed by atoms with Crippen molar-refractivity contribution in [2.45, 2.75) is 24.6 Å². The molecule has 2 aromatic rings. The first kappa shape index (κ1) is 16.4. The molecule has 1 atom stereocenters. The third-order valence-corrected chi connectivity index (χ3v) is 3.96. The SMILES string of the molecule is O=C(c1ccc(C(F)(F)F)cn1)N1CCCC(O)(c2cn[nH]n2)C1. The fourth-order valence-corrected chi connectivity index (χ4v) is 2.69. The lowest BCUT2D eigenvalue weighted by Crippen LogP contribution is -2.49. The average Bonchev–Trinajstić information content (AvgIpc) is 3.09. The van der Waals surface area contributed by atoms with Gasteiger partial charge in [0.15, 0.2) is 0 Å². The molecule has 3 heterocycles. The summed E-state index contributed by atoms with van der Waals surface area (Å²) in [5, 5.41) is 20.6. The van der Waals surface area contributed by atoms with Crippen LogP contribution in [-0.2, 0) is 11.8 Å². The minimum Gasteiger partial charge on any atom is -0.382 e. The molecular formula is C14H14F3N5O2. The molecule has 0 aliphatic carbocycles. The summed E-state index contributed by atoms with van der Waals surface area (Å²) < 4.78 is 37.6. The van der Waals surface area contributed by atoms with Crippen LogP contribution >= 0.6 is 0 Å². The van der Waals surface area contributed by atoms with Gasteiger partial charge < -0.3 is 10.0 Å². The second kappa shape index (κ2) is 5.86. The number of hydrogen-bond donors (Lipinski definition) is 2. The van der Waals surface area contributed by atoms with E-state index in [0.717, 1.165) is 12.1 Å². The van der Waals surface area contributed by atoms with Crippen molar-refractivity contribution in [2.75, 3.05) is 13.1 Å². The van der Waals surface area contributed by atoms with Crippen LogP contribution in [0, 0.1) is 0 Å². The third kappa shape index (κ3) is 3.09. The van der Waals surface area contributed by atoms with Crippen molar-refractivity contribution in [1.29, 1.82) is 0 Å². The number of pyridine rings is 1. The number of alkyl halides is 3. The van der Waals surface area contributed by atoms with E-state index in [1.165, 1.54) is 11.1 Å². The van der Waals surface area contributed by atoms with Crippen molar-refractivity contribution in [2.24, 2.45) is 0 Å². The molecule has 1 aliphatic rings. The first-order chi connectivity index (χ1) is 11.3. The van der Waals surface area contributed by atoms with Gasteiger partial charge in [-0.25, -0.2) is 0 Å². The van der Waals surface area contributed by atoms with Crippen LogP contribution in [0.4, 0.5) is 13.2 Å². The summed E-state index contributed by atoms with van der Waals surface area (Å²) in [5.41, 5.74) is -2.04. The van der Waals surface area contributed by atoms with Crippen molar-refractivity contribution in [3.05, 3.63) is 41.5 Å². The Labute approximate surface area is 134 Å². The monoisotopic (exact) mass is 341 g/mol. The van der Waals surface area contributed by atoms with E-state index in [9.17, 15) is 23.1 Å². The Morgan fingerprint density at radius 1 is 1.33 bits per heavy atom. The smallest absolute Gasteiger partial charge is 0.382 e. The summed E-state index contributed by atoms with van der Waals surface area (Å²) in [6.07, 6.45) is -1.57. The van der Waals surface area contributed by atoms with Gasteiger partial charge in [-0.1, -0.05) is 0 Å². The molecule has 2 aromatic heterocycles. The van der Waals surface area contributed by atoms with Crippen LogP contribution in [-0.4, -0.2) is 49.4 Å². The van der Waals surface area contributed by atoms with Gasteiger partial charge >= 0.3 is 6.18 Å². The highest BCUT2D eigenvalue weighted by Gasteiger charge is 2.39. The van der Waals surface area contributed by atoms with Gasteiger partial charge in [0.05, 0.1) is 18.3 Å². The standard InChI is InChI=1S/C14H14F3N5O2/c15-14(16,17)9-2-3-10(18-6-9)12(23)22-5-1-4-13(24,8-22)11-7-19-21-20-11/h2-3,6-7,24H,1,4-5,8H2,(H,19,20,21). The maximum absolute atomic E-state index is 12.5. The molecule has 7 nitrogen and oxygen atoms in total. The number of aromatic amines is 1. The topological polar surface area (TPSA) is 95.0 Å². The normalized spacial score (nSPS) is 21.8. The predicted octanol–water partition coefficient (Wildman–Crippen LogP) is 1.34. The van der Waals surface area contributed by atoms with Gasteiger partial charge in [0, 0.05) is 12.7 Å². The number of amides is 1. The van der Waals surface area contributed by atoms with Gasteiger partial charge in [0.2, 0.25) is 0 Å². The number of halogens is 3. The Bertz CT molecular complexity index is 717. The first-order valence-corrected chi connectivity index (χ1v) is 7.21. The molecule has 24 heavy (non-hydrogen) atoms. The number of aliphatic hydroxyl groups is 1. The van der Waals surface area contributed by atoms with Crippen LogP contribution in [0.2, 0.25) is 0 Å². The number of nitrogens with zero attached hydrogens (tertiary/aromatic N) is 4. The van der Waals surface area contributed by atoms with Crippen molar-refractivity contribution in [3.8, 4) is 0 Å². The van der Waals surface area contributed by atoms with Gasteiger partial charge in [0.25, 0.3) is 5.91 Å². The largest absolute Gasteiger partial charge is 0.417 e. The zero-order valence-corrected chi connectivity index (χ0v) is 12.4. The van der Waals surface area contributed by atoms with Crippen molar-refractivity contribution in [1.82, 2.24) is 25.3 Å². The summed E-state index contributed by atoms with van der Waals surface area (Å²) in [7, 11) is 0. The highest BCUT2D eigenvalue weighted by atomic mass is 19.4. The second-order valence-corrected chi connectivity index (χ2v) is 5.65. The molecule has 0 bridgehead atoms. The summed E-state index contributed by atoms with van der Waals surface area (Å²) in [5.74, 6) is -0.537. The second-order valence-electron chi connectivity index (χ2n) is 5.65. The average molecular weight is 341 g/mol. The lowest BCUT2D eigenvalue weighted by atomic mass is 9.90. The summed E-state index contributed by atoms with van der Waals surface area (Å²) in [4.78, 5) is 17.4. The molecule has 1 fully saturated rings. The summed E-state index contributed by atoms with van der Waals surface area (Å²) >= 11 is 0. The van der Waals surface area contributed by atoms with E-state index in [2.05, 4.69) is 20.4 Å². The molecule has 2 N–H and O–H groups in total. The lowest BCUT2D eigenvalue weighted by molar-refractivity contribution is -0.137. The quantitative estimate of drug-likeness (QED) is 0.860. The molecule has 0 saturated carbocycles. The van der Waals surface area contributed by atoms with Gasteiger partial charge in [0.1, 0.15) is 17.0 Å². The molecule has 0 spiro atoms. The molecule has 128 valence electrons. The molecule has 3 rings (SSSR count). The van der Waals surface area contributed by atoms with E-state index in [1.807, 2.05) is 0 Å². The van der Waals surface area contributed by atoms with Crippen LogP contribution in [0.15, 0.2) is 24.5 Å². The Balaban J connectivity index is 1.77. The van der Waals surface area contributed by atoms with Crippen LogP contribution in [0.3, 0.4) is 0 Å². The first-order valence-electron chi connectivity index (χ1n) is 7.21. The maximum atomic E-state index is 12.5. The van der Waals surface area contributed by atoms with E-state index >= 15 is 0 Å². The zero-order valence-electron chi connectivity index (χ0n) is 12.4. The molecule has 1 saturated heterocycles. The lowest BCUT2D eigenvalue weighted by Gasteiger charge is -2.37. The summed E-state index contributed by atoms with van der Waals surface area (Å²) in [6.45, 7) is 0.350. The molecule has 0 radical (unpaired) electrons. The highest BCUT2D eigenvalue weighted by molar-refractivity contribution is 5.92. The van der Waals surface area contributed by atoms with Crippen molar-refractivity contribution in [3.63, 3.8) is 0 Å². The number of rotatable bonds is 2. The van der Waals surface area contributed by atoms with Gasteiger partial charge in [-0.2, -0.15) is 28.6 Å². The Hall–Kier alpha value is -2.49. The molecule has 10 heteroatoms. The van der Waals surface area contributed by atoms with E-state index in [4.69, 9.17) is 0 Å². The van der Waals surface area contributed by atoms with E-state index in [1.54, 1.807) is 0 Å². The molecule has 1 aliphatic heterocycles. The van der Waals surface area contributed by atoms with E-state index in [0.29, 0.717) is 31.3 Å². The van der Waals surface area contributed by atoms with Gasteiger partial charge in [-0.15, -0.1) is 0 Å². The number of likely N-dealkylation sites (tertiary alicyclic amines) is 1. The number of aromatic nitrogens is 4. The fourth-order valence-electron chi connectivity index (χ4n) is 2.69. The van der Waals surface area contributed by atoms with Crippen molar-refractivity contribution < 1.29 is 23.1 Å². The molecule has 1 amide bonds. The number of hydrogen-bond acceptors (Lipinski definition) is 5. The Morgan fingerprint density at radius 3 is 2.71 bits per heavy atom. The number of β-amino-alcohol motifs (C(OH)–C–C–N with tert-alkyl or cyclic N) is 1. The molecule has 0 aromatic carbocycles. The van der Waals surface area contributed by atoms with Crippen molar-refractivity contribution >= 4 is 5.91 Å². The maximum Gasteiger partial charge on any atom is 0.417 e. The highest BCUT2D eigenvalue weighted by Crippen LogP contribution is 2.31. The number of piperidine rings is 1. The number of nitrogens with one attached hydrogen (secondary N) is 1. The van der Waals surface area contributed by atoms with Crippen LogP contribution < -0.4 is 0 Å². The molecular weight excluding hydrogens is 327 g/mol. The van der Waals surface area contributed by atoms with Crippen LogP contribution in [0.5, 0.6) is 0 Å². The van der Waals surface area contributed by atoms with E-state index in [-0.39, 0.29) is 12.2 Å².